The van der Waals surface area contributed by atoms with Crippen LogP contribution in [0.15, 0.2) is 28.6 Å². The fraction of sp³-hybridized carbons (Fsp3) is 0.167. The number of benzene rings is 1. The monoisotopic (exact) mass is 357 g/mol. The van der Waals surface area contributed by atoms with Crippen molar-refractivity contribution in [1.82, 2.24) is 15.5 Å². The summed E-state index contributed by atoms with van der Waals surface area (Å²) in [4.78, 5) is 22.2. The molecule has 0 bridgehead atoms. The van der Waals surface area contributed by atoms with E-state index in [1.807, 2.05) is 17.4 Å². The van der Waals surface area contributed by atoms with Gasteiger partial charge in [-0.3, -0.25) is 10.1 Å². The van der Waals surface area contributed by atoms with Gasteiger partial charge >= 0.3 is 6.03 Å². The molecule has 0 aliphatic carbocycles. The molecule has 1 aromatic heterocycles. The first kappa shape index (κ1) is 16.5. The number of nitrogens with one attached hydrogen (secondary N) is 2. The second-order valence-electron chi connectivity index (χ2n) is 4.12. The molecule has 3 amide bonds. The van der Waals surface area contributed by atoms with Crippen LogP contribution < -0.4 is 16.4 Å². The van der Waals surface area contributed by atoms with E-state index in [4.69, 9.17) is 17.3 Å². The van der Waals surface area contributed by atoms with Crippen molar-refractivity contribution in [2.45, 2.75) is 16.5 Å². The first-order chi connectivity index (χ1) is 10.4. The van der Waals surface area contributed by atoms with E-state index in [0.717, 1.165) is 5.69 Å². The van der Waals surface area contributed by atoms with Gasteiger partial charge in [0.15, 0.2) is 4.34 Å². The summed E-state index contributed by atoms with van der Waals surface area (Å²) in [5, 5.41) is 13.7. The van der Waals surface area contributed by atoms with Crippen LogP contribution in [0, 0.1) is 0 Å². The van der Waals surface area contributed by atoms with Crippen molar-refractivity contribution >= 4 is 57.5 Å². The predicted molar refractivity (Wildman–Crippen MR) is 87.7 cm³/mol. The number of nitrogens with two attached hydrogens (primary N) is 1. The SMILES string of the molecule is C[C@@H](Sc1nnc(Nc2cccc(Cl)c2)s1)C(=O)NC(N)=O. The number of anilines is 2. The number of imide groups is 1. The zero-order valence-electron chi connectivity index (χ0n) is 11.4. The number of carbonyl (C=O) groups is 2. The van der Waals surface area contributed by atoms with Gasteiger partial charge in [-0.05, 0) is 25.1 Å². The predicted octanol–water partition coefficient (Wildman–Crippen LogP) is 2.61. The van der Waals surface area contributed by atoms with Gasteiger partial charge in [0.2, 0.25) is 11.0 Å². The molecule has 22 heavy (non-hydrogen) atoms. The largest absolute Gasteiger partial charge is 0.351 e. The maximum absolute atomic E-state index is 11.6. The molecular formula is C12H12ClN5O2S2. The molecule has 0 saturated carbocycles. The van der Waals surface area contributed by atoms with Gasteiger partial charge in [0, 0.05) is 10.7 Å². The van der Waals surface area contributed by atoms with Crippen molar-refractivity contribution in [3.05, 3.63) is 29.3 Å². The maximum Gasteiger partial charge on any atom is 0.318 e. The van der Waals surface area contributed by atoms with Crippen LogP contribution in [-0.2, 0) is 4.79 Å². The minimum atomic E-state index is -0.877. The number of rotatable bonds is 5. The van der Waals surface area contributed by atoms with Crippen LogP contribution in [0.1, 0.15) is 6.92 Å². The molecular weight excluding hydrogens is 346 g/mol. The second-order valence-corrected chi connectivity index (χ2v) is 7.12. The number of amides is 3. The molecule has 0 spiro atoms. The molecule has 0 aliphatic heterocycles. The summed E-state index contributed by atoms with van der Waals surface area (Å²) in [5.41, 5.74) is 5.69. The molecule has 116 valence electrons. The van der Waals surface area contributed by atoms with Crippen molar-refractivity contribution in [3.63, 3.8) is 0 Å². The van der Waals surface area contributed by atoms with Gasteiger partial charge in [-0.25, -0.2) is 4.79 Å². The number of hydrogen-bond donors (Lipinski definition) is 3. The van der Waals surface area contributed by atoms with Gasteiger partial charge in [-0.1, -0.05) is 40.8 Å². The summed E-state index contributed by atoms with van der Waals surface area (Å²) >= 11 is 8.38. The van der Waals surface area contributed by atoms with Gasteiger partial charge in [0.05, 0.1) is 5.25 Å². The van der Waals surface area contributed by atoms with Crippen molar-refractivity contribution in [3.8, 4) is 0 Å². The lowest BCUT2D eigenvalue weighted by Gasteiger charge is -2.06. The van der Waals surface area contributed by atoms with E-state index in [9.17, 15) is 9.59 Å². The van der Waals surface area contributed by atoms with E-state index in [1.165, 1.54) is 23.1 Å². The molecule has 1 heterocycles. The zero-order valence-corrected chi connectivity index (χ0v) is 13.8. The third kappa shape index (κ3) is 4.86. The van der Waals surface area contributed by atoms with Crippen LogP contribution in [0.5, 0.6) is 0 Å². The van der Waals surface area contributed by atoms with E-state index < -0.39 is 17.2 Å². The van der Waals surface area contributed by atoms with E-state index in [1.54, 1.807) is 19.1 Å². The summed E-state index contributed by atoms with van der Waals surface area (Å²) in [6.45, 7) is 1.65. The van der Waals surface area contributed by atoms with E-state index in [-0.39, 0.29) is 0 Å². The van der Waals surface area contributed by atoms with Crippen LogP contribution in [-0.4, -0.2) is 27.4 Å². The Morgan fingerprint density at radius 2 is 2.18 bits per heavy atom. The van der Waals surface area contributed by atoms with Gasteiger partial charge in [0.25, 0.3) is 0 Å². The number of urea groups is 1. The average Bonchev–Trinajstić information content (AvgIpc) is 2.85. The molecule has 2 aromatic rings. The standard InChI is InChI=1S/C12H12ClN5O2S2/c1-6(9(19)16-10(14)20)21-12-18-17-11(22-12)15-8-4-2-3-7(13)5-8/h2-6H,1H3,(H,15,17)(H3,14,16,19,20)/t6-/m1/s1. The highest BCUT2D eigenvalue weighted by atomic mass is 35.5. The van der Waals surface area contributed by atoms with Crippen molar-refractivity contribution < 1.29 is 9.59 Å². The highest BCUT2D eigenvalue weighted by Crippen LogP contribution is 2.30. The normalized spacial score (nSPS) is 11.7. The number of aromatic nitrogens is 2. The van der Waals surface area contributed by atoms with Gasteiger partial charge < -0.3 is 11.1 Å². The molecule has 1 aromatic carbocycles. The quantitative estimate of drug-likeness (QED) is 0.709. The Balaban J connectivity index is 1.96. The highest BCUT2D eigenvalue weighted by Gasteiger charge is 2.18. The lowest BCUT2D eigenvalue weighted by molar-refractivity contribution is -0.119. The number of primary amides is 1. The van der Waals surface area contributed by atoms with Crippen molar-refractivity contribution in [2.75, 3.05) is 5.32 Å². The van der Waals surface area contributed by atoms with Gasteiger partial charge in [0.1, 0.15) is 0 Å². The number of carbonyl (C=O) groups excluding carboxylic acids is 2. The molecule has 4 N–H and O–H groups in total. The summed E-state index contributed by atoms with van der Waals surface area (Å²) in [6, 6.07) is 6.32. The number of thioether (sulfide) groups is 1. The Kier molecular flexibility index (Phi) is 5.58. The minimum absolute atomic E-state index is 0.475. The minimum Gasteiger partial charge on any atom is -0.351 e. The zero-order chi connectivity index (χ0) is 16.1. The molecule has 10 heteroatoms. The summed E-state index contributed by atoms with van der Waals surface area (Å²) in [7, 11) is 0. The Morgan fingerprint density at radius 1 is 1.41 bits per heavy atom. The third-order valence-electron chi connectivity index (χ3n) is 2.38. The number of hydrogen-bond acceptors (Lipinski definition) is 7. The highest BCUT2D eigenvalue weighted by molar-refractivity contribution is 8.02. The fourth-order valence-corrected chi connectivity index (χ4v) is 3.53. The molecule has 7 nitrogen and oxygen atoms in total. The first-order valence-electron chi connectivity index (χ1n) is 6.07. The van der Waals surface area contributed by atoms with E-state index >= 15 is 0 Å². The third-order valence-corrected chi connectivity index (χ3v) is 4.63. The summed E-state index contributed by atoms with van der Waals surface area (Å²) in [5.74, 6) is -0.475. The van der Waals surface area contributed by atoms with Crippen LogP contribution in [0.3, 0.4) is 0 Å². The van der Waals surface area contributed by atoms with Gasteiger partial charge in [-0.15, -0.1) is 10.2 Å². The molecule has 0 unspecified atom stereocenters. The lowest BCUT2D eigenvalue weighted by atomic mass is 10.3. The van der Waals surface area contributed by atoms with Crippen molar-refractivity contribution in [2.24, 2.45) is 5.73 Å². The van der Waals surface area contributed by atoms with E-state index in [2.05, 4.69) is 15.5 Å². The van der Waals surface area contributed by atoms with Crippen molar-refractivity contribution in [1.29, 1.82) is 0 Å². The average molecular weight is 358 g/mol. The topological polar surface area (TPSA) is 110 Å². The van der Waals surface area contributed by atoms with E-state index in [0.29, 0.717) is 14.5 Å². The number of nitrogens with zero attached hydrogens (tertiary/aromatic N) is 2. The first-order valence-corrected chi connectivity index (χ1v) is 8.14. The summed E-state index contributed by atoms with van der Waals surface area (Å²) < 4.78 is 0.594. The smallest absolute Gasteiger partial charge is 0.318 e. The van der Waals surface area contributed by atoms with Crippen LogP contribution in [0.25, 0.3) is 0 Å². The second kappa shape index (κ2) is 7.43. The molecule has 0 aliphatic rings. The Labute approximate surface area is 139 Å². The summed E-state index contributed by atoms with van der Waals surface area (Å²) in [6.07, 6.45) is 0. The molecule has 1 atom stereocenters. The maximum atomic E-state index is 11.6. The molecule has 0 saturated heterocycles. The van der Waals surface area contributed by atoms with Gasteiger partial charge in [-0.2, -0.15) is 0 Å². The molecule has 0 radical (unpaired) electrons. The van der Waals surface area contributed by atoms with Crippen LogP contribution in [0.2, 0.25) is 5.02 Å². The number of halogens is 1. The fourth-order valence-electron chi connectivity index (χ4n) is 1.43. The van der Waals surface area contributed by atoms with Crippen LogP contribution >= 0.6 is 34.7 Å². The Bertz CT molecular complexity index is 694. The Morgan fingerprint density at radius 3 is 2.86 bits per heavy atom. The lowest BCUT2D eigenvalue weighted by Crippen LogP contribution is -2.39. The Hall–Kier alpha value is -1.84. The molecule has 0 fully saturated rings. The molecule has 2 rings (SSSR count). The van der Waals surface area contributed by atoms with Crippen LogP contribution in [0.4, 0.5) is 15.6 Å².